The normalized spacial score (nSPS) is 23.9. The second-order valence-corrected chi connectivity index (χ2v) is 7.17. The summed E-state index contributed by atoms with van der Waals surface area (Å²) in [6.07, 6.45) is 5.45. The van der Waals surface area contributed by atoms with Crippen molar-refractivity contribution in [1.29, 1.82) is 0 Å². The molecule has 1 N–H and O–H groups in total. The van der Waals surface area contributed by atoms with Crippen LogP contribution in [0.1, 0.15) is 54.7 Å². The summed E-state index contributed by atoms with van der Waals surface area (Å²) in [5.41, 5.74) is 0.889. The van der Waals surface area contributed by atoms with Crippen molar-refractivity contribution < 1.29 is 13.9 Å². The van der Waals surface area contributed by atoms with Gasteiger partial charge < -0.3 is 5.11 Å². The highest BCUT2D eigenvalue weighted by Gasteiger charge is 2.46. The van der Waals surface area contributed by atoms with Crippen LogP contribution in [0.15, 0.2) is 12.5 Å². The molecule has 2 aliphatic carbocycles. The lowest BCUT2D eigenvalue weighted by molar-refractivity contribution is -0.119. The number of aliphatic hydroxyl groups is 1. The minimum Gasteiger partial charge on any atom is -0.387 e. The summed E-state index contributed by atoms with van der Waals surface area (Å²) in [7, 11) is 0. The zero-order valence-corrected chi connectivity index (χ0v) is 11.7. The molecular formula is C14H16F2N2OS. The van der Waals surface area contributed by atoms with Gasteiger partial charge in [0, 0.05) is 17.7 Å². The molecule has 6 heteroatoms. The average Bonchev–Trinajstić information content (AvgIpc) is 2.96. The summed E-state index contributed by atoms with van der Waals surface area (Å²) in [6, 6.07) is 0. The molecule has 2 fully saturated rings. The minimum absolute atomic E-state index is 0.0643. The van der Waals surface area contributed by atoms with Crippen LogP contribution in [0.25, 0.3) is 4.83 Å². The molecule has 1 atom stereocenters. The summed E-state index contributed by atoms with van der Waals surface area (Å²) >= 11 is 1.67. The lowest BCUT2D eigenvalue weighted by atomic mass is 9.77. The highest BCUT2D eigenvalue weighted by atomic mass is 32.1. The topological polar surface area (TPSA) is 37.5 Å². The van der Waals surface area contributed by atoms with Gasteiger partial charge in [-0.1, -0.05) is 0 Å². The Morgan fingerprint density at radius 2 is 2.20 bits per heavy atom. The number of aliphatic hydroxyl groups excluding tert-OH is 1. The molecule has 0 aromatic carbocycles. The van der Waals surface area contributed by atoms with Crippen molar-refractivity contribution in [1.82, 2.24) is 9.38 Å². The van der Waals surface area contributed by atoms with E-state index >= 15 is 0 Å². The third-order valence-electron chi connectivity index (χ3n) is 4.33. The van der Waals surface area contributed by atoms with Crippen LogP contribution in [0.4, 0.5) is 8.78 Å². The molecule has 2 heterocycles. The van der Waals surface area contributed by atoms with Crippen molar-refractivity contribution in [2.75, 3.05) is 0 Å². The second-order valence-electron chi connectivity index (χ2n) is 6.11. The van der Waals surface area contributed by atoms with Crippen molar-refractivity contribution in [2.24, 2.45) is 5.92 Å². The summed E-state index contributed by atoms with van der Waals surface area (Å²) in [5, 5.41) is 10.5. The Hall–Kier alpha value is -1.01. The third kappa shape index (κ3) is 2.05. The molecule has 2 aromatic rings. The Balaban J connectivity index is 1.60. The molecule has 20 heavy (non-hydrogen) atoms. The smallest absolute Gasteiger partial charge is 0.248 e. The molecule has 2 aromatic heterocycles. The van der Waals surface area contributed by atoms with E-state index in [1.54, 1.807) is 23.9 Å². The van der Waals surface area contributed by atoms with Gasteiger partial charge in [-0.15, -0.1) is 11.3 Å². The summed E-state index contributed by atoms with van der Waals surface area (Å²) in [5.74, 6) is -2.03. The second kappa shape index (κ2) is 4.24. The van der Waals surface area contributed by atoms with Crippen LogP contribution in [-0.4, -0.2) is 20.4 Å². The van der Waals surface area contributed by atoms with E-state index < -0.39 is 12.0 Å². The molecular weight excluding hydrogens is 282 g/mol. The van der Waals surface area contributed by atoms with Gasteiger partial charge in [-0.05, 0) is 31.1 Å². The molecule has 0 saturated heterocycles. The number of hydrogen-bond acceptors (Lipinski definition) is 3. The SMILES string of the molecule is OC(CC1CC(F)(F)C1)c1c(C2CC2)sc2cncn12. The fraction of sp³-hybridized carbons (Fsp3) is 0.643. The van der Waals surface area contributed by atoms with Crippen molar-refractivity contribution in [3.05, 3.63) is 23.1 Å². The largest absolute Gasteiger partial charge is 0.387 e. The van der Waals surface area contributed by atoms with E-state index in [4.69, 9.17) is 0 Å². The minimum atomic E-state index is -2.51. The molecule has 0 bridgehead atoms. The van der Waals surface area contributed by atoms with E-state index in [2.05, 4.69) is 4.98 Å². The van der Waals surface area contributed by atoms with Crippen LogP contribution >= 0.6 is 11.3 Å². The summed E-state index contributed by atoms with van der Waals surface area (Å²) in [6.45, 7) is 0. The van der Waals surface area contributed by atoms with Crippen LogP contribution in [0, 0.1) is 5.92 Å². The van der Waals surface area contributed by atoms with E-state index in [-0.39, 0.29) is 18.8 Å². The zero-order valence-electron chi connectivity index (χ0n) is 10.9. The Morgan fingerprint density at radius 1 is 1.45 bits per heavy atom. The lowest BCUT2D eigenvalue weighted by Gasteiger charge is -2.36. The molecule has 0 spiro atoms. The predicted molar refractivity (Wildman–Crippen MR) is 72.3 cm³/mol. The highest BCUT2D eigenvalue weighted by molar-refractivity contribution is 7.17. The number of rotatable bonds is 4. The number of halogens is 2. The van der Waals surface area contributed by atoms with Gasteiger partial charge in [0.15, 0.2) is 0 Å². The van der Waals surface area contributed by atoms with Crippen molar-refractivity contribution in [3.8, 4) is 0 Å². The highest BCUT2D eigenvalue weighted by Crippen LogP contribution is 2.50. The number of fused-ring (bicyclic) bond motifs is 1. The van der Waals surface area contributed by atoms with Gasteiger partial charge in [-0.2, -0.15) is 0 Å². The van der Waals surface area contributed by atoms with E-state index in [1.165, 1.54) is 4.88 Å². The van der Waals surface area contributed by atoms with Gasteiger partial charge in [0.25, 0.3) is 0 Å². The van der Waals surface area contributed by atoms with E-state index in [0.29, 0.717) is 12.3 Å². The Bertz CT molecular complexity index is 639. The Labute approximate surface area is 119 Å². The standard InChI is InChI=1S/C14H16F2N2OS/c15-14(16)4-8(5-14)3-10(19)12-13(9-1-2-9)20-11-6-17-7-18(11)12/h6-10,19H,1-5H2. The zero-order chi connectivity index (χ0) is 13.9. The molecule has 2 aliphatic rings. The number of thiazole rings is 1. The third-order valence-corrected chi connectivity index (χ3v) is 5.60. The number of imidazole rings is 1. The van der Waals surface area contributed by atoms with Crippen LogP contribution in [0.3, 0.4) is 0 Å². The average molecular weight is 298 g/mol. The molecule has 0 radical (unpaired) electrons. The first-order valence-electron chi connectivity index (χ1n) is 7.04. The molecule has 108 valence electrons. The molecule has 0 amide bonds. The predicted octanol–water partition coefficient (Wildman–Crippen LogP) is 3.74. The van der Waals surface area contributed by atoms with Crippen LogP contribution in [0.2, 0.25) is 0 Å². The van der Waals surface area contributed by atoms with E-state index in [9.17, 15) is 13.9 Å². The molecule has 1 unspecified atom stereocenters. The first kappa shape index (κ1) is 12.7. The van der Waals surface area contributed by atoms with Crippen molar-refractivity contribution in [3.63, 3.8) is 0 Å². The molecule has 0 aliphatic heterocycles. The van der Waals surface area contributed by atoms with Gasteiger partial charge in [0.05, 0.1) is 18.0 Å². The van der Waals surface area contributed by atoms with Crippen LogP contribution < -0.4 is 0 Å². The van der Waals surface area contributed by atoms with Crippen LogP contribution in [-0.2, 0) is 0 Å². The first-order valence-corrected chi connectivity index (χ1v) is 7.86. The van der Waals surface area contributed by atoms with Gasteiger partial charge in [-0.3, -0.25) is 4.40 Å². The molecule has 3 nitrogen and oxygen atoms in total. The van der Waals surface area contributed by atoms with Crippen molar-refractivity contribution >= 4 is 16.2 Å². The van der Waals surface area contributed by atoms with Crippen molar-refractivity contribution in [2.45, 2.75) is 50.0 Å². The Kier molecular flexibility index (Phi) is 2.70. The number of aromatic nitrogens is 2. The van der Waals surface area contributed by atoms with E-state index in [0.717, 1.165) is 23.4 Å². The van der Waals surface area contributed by atoms with Gasteiger partial charge in [-0.25, -0.2) is 13.8 Å². The monoisotopic (exact) mass is 298 g/mol. The maximum atomic E-state index is 12.9. The number of alkyl halides is 2. The van der Waals surface area contributed by atoms with Gasteiger partial charge in [0.2, 0.25) is 5.92 Å². The fourth-order valence-electron chi connectivity index (χ4n) is 3.16. The maximum absolute atomic E-state index is 12.9. The number of hydrogen-bond donors (Lipinski definition) is 1. The first-order chi connectivity index (χ1) is 9.53. The fourth-order valence-corrected chi connectivity index (χ4v) is 4.49. The molecule has 2 saturated carbocycles. The van der Waals surface area contributed by atoms with E-state index in [1.807, 2.05) is 4.40 Å². The van der Waals surface area contributed by atoms with Gasteiger partial charge in [0.1, 0.15) is 11.2 Å². The summed E-state index contributed by atoms with van der Waals surface area (Å²) in [4.78, 5) is 6.35. The summed E-state index contributed by atoms with van der Waals surface area (Å²) < 4.78 is 27.7. The Morgan fingerprint density at radius 3 is 2.85 bits per heavy atom. The van der Waals surface area contributed by atoms with Gasteiger partial charge >= 0.3 is 0 Å². The van der Waals surface area contributed by atoms with Crippen LogP contribution in [0.5, 0.6) is 0 Å². The molecule has 4 rings (SSSR count). The maximum Gasteiger partial charge on any atom is 0.248 e. The lowest BCUT2D eigenvalue weighted by Crippen LogP contribution is -2.36. The quantitative estimate of drug-likeness (QED) is 0.933. The number of nitrogens with zero attached hydrogens (tertiary/aromatic N) is 2.